The third kappa shape index (κ3) is 5.16. The largest absolute Gasteiger partial charge is 0.364 e. The smallest absolute Gasteiger partial charge is 0.156 e. The minimum atomic E-state index is 0.664. The van der Waals surface area contributed by atoms with Crippen molar-refractivity contribution in [2.75, 3.05) is 19.3 Å². The van der Waals surface area contributed by atoms with E-state index in [2.05, 4.69) is 37.3 Å². The minimum absolute atomic E-state index is 0.664. The van der Waals surface area contributed by atoms with Crippen LogP contribution >= 0.6 is 23.5 Å². The molecule has 2 unspecified atom stereocenters. The van der Waals surface area contributed by atoms with Crippen molar-refractivity contribution >= 4 is 28.7 Å². The van der Waals surface area contributed by atoms with E-state index < -0.39 is 0 Å². The van der Waals surface area contributed by atoms with Crippen molar-refractivity contribution in [3.8, 4) is 0 Å². The molecule has 1 heterocycles. The zero-order valence-electron chi connectivity index (χ0n) is 10.1. The van der Waals surface area contributed by atoms with Crippen LogP contribution in [-0.4, -0.2) is 35.0 Å². The fraction of sp³-hybridized carbons (Fsp3) is 0.909. The van der Waals surface area contributed by atoms with Gasteiger partial charge in [-0.3, -0.25) is 4.99 Å². The van der Waals surface area contributed by atoms with Gasteiger partial charge in [0.15, 0.2) is 5.17 Å². The maximum absolute atomic E-state index is 4.54. The van der Waals surface area contributed by atoms with Gasteiger partial charge in [0.1, 0.15) is 0 Å². The topological polar surface area (TPSA) is 24.4 Å². The van der Waals surface area contributed by atoms with E-state index in [1.54, 1.807) is 0 Å². The van der Waals surface area contributed by atoms with E-state index in [9.17, 15) is 0 Å². The maximum Gasteiger partial charge on any atom is 0.156 e. The first kappa shape index (κ1) is 13.2. The summed E-state index contributed by atoms with van der Waals surface area (Å²) in [6.45, 7) is 8.83. The molecule has 0 radical (unpaired) electrons. The molecule has 1 rings (SSSR count). The molecule has 4 heteroatoms. The van der Waals surface area contributed by atoms with Gasteiger partial charge in [0.25, 0.3) is 0 Å². The fourth-order valence-corrected chi connectivity index (χ4v) is 2.99. The number of amidine groups is 1. The second kappa shape index (κ2) is 6.69. The van der Waals surface area contributed by atoms with Crippen molar-refractivity contribution in [2.45, 2.75) is 37.7 Å². The van der Waals surface area contributed by atoms with Crippen LogP contribution in [0.4, 0.5) is 0 Å². The highest BCUT2D eigenvalue weighted by atomic mass is 32.2. The van der Waals surface area contributed by atoms with Gasteiger partial charge in [-0.25, -0.2) is 0 Å². The van der Waals surface area contributed by atoms with Gasteiger partial charge in [0.05, 0.1) is 6.54 Å². The summed E-state index contributed by atoms with van der Waals surface area (Å²) in [4.78, 5) is 4.54. The molecule has 0 bridgehead atoms. The molecule has 0 spiro atoms. The Labute approximate surface area is 102 Å². The summed E-state index contributed by atoms with van der Waals surface area (Å²) >= 11 is 3.81. The van der Waals surface area contributed by atoms with Gasteiger partial charge < -0.3 is 5.32 Å². The van der Waals surface area contributed by atoms with Crippen LogP contribution < -0.4 is 5.32 Å². The van der Waals surface area contributed by atoms with Gasteiger partial charge in [-0.15, -0.1) is 0 Å². The molecular formula is C11H22N2S2. The van der Waals surface area contributed by atoms with Crippen LogP contribution in [0.25, 0.3) is 0 Å². The molecule has 2 atom stereocenters. The number of rotatable bonds is 5. The first-order valence-corrected chi connectivity index (χ1v) is 7.76. The lowest BCUT2D eigenvalue weighted by Crippen LogP contribution is -2.26. The SMILES string of the molecule is CSC(C)CNC1=NCC(CC(C)C)S1. The van der Waals surface area contributed by atoms with Crippen LogP contribution in [0.15, 0.2) is 4.99 Å². The standard InChI is InChI=1S/C11H22N2S2/c1-8(2)5-10-7-13-11(15-10)12-6-9(3)14-4/h8-10H,5-7H2,1-4H3,(H,12,13). The molecule has 1 aliphatic heterocycles. The monoisotopic (exact) mass is 246 g/mol. The van der Waals surface area contributed by atoms with E-state index >= 15 is 0 Å². The lowest BCUT2D eigenvalue weighted by atomic mass is 10.1. The summed E-state index contributed by atoms with van der Waals surface area (Å²) in [5, 5.41) is 5.95. The minimum Gasteiger partial charge on any atom is -0.364 e. The summed E-state index contributed by atoms with van der Waals surface area (Å²) in [5.74, 6) is 0.780. The van der Waals surface area contributed by atoms with Crippen molar-refractivity contribution in [1.82, 2.24) is 5.32 Å². The molecular weight excluding hydrogens is 224 g/mol. The van der Waals surface area contributed by atoms with Crippen molar-refractivity contribution in [3.63, 3.8) is 0 Å². The van der Waals surface area contributed by atoms with Gasteiger partial charge in [-0.1, -0.05) is 32.5 Å². The summed E-state index contributed by atoms with van der Waals surface area (Å²) in [5.41, 5.74) is 0. The molecule has 0 aromatic heterocycles. The Kier molecular flexibility index (Phi) is 5.90. The number of thioether (sulfide) groups is 2. The van der Waals surface area contributed by atoms with Gasteiger partial charge >= 0.3 is 0 Å². The molecule has 2 nitrogen and oxygen atoms in total. The van der Waals surface area contributed by atoms with Crippen LogP contribution in [0.3, 0.4) is 0 Å². The molecule has 1 N–H and O–H groups in total. The van der Waals surface area contributed by atoms with Gasteiger partial charge in [-0.05, 0) is 18.6 Å². The van der Waals surface area contributed by atoms with Crippen molar-refractivity contribution in [2.24, 2.45) is 10.9 Å². The van der Waals surface area contributed by atoms with Crippen LogP contribution in [0, 0.1) is 5.92 Å². The van der Waals surface area contributed by atoms with Gasteiger partial charge in [-0.2, -0.15) is 11.8 Å². The Balaban J connectivity index is 2.18. The van der Waals surface area contributed by atoms with E-state index in [4.69, 9.17) is 0 Å². The summed E-state index contributed by atoms with van der Waals surface area (Å²) in [6.07, 6.45) is 3.43. The fourth-order valence-electron chi connectivity index (χ4n) is 1.48. The average molecular weight is 246 g/mol. The van der Waals surface area contributed by atoms with Crippen molar-refractivity contribution in [3.05, 3.63) is 0 Å². The molecule has 15 heavy (non-hydrogen) atoms. The molecule has 0 saturated heterocycles. The van der Waals surface area contributed by atoms with Gasteiger partial charge in [0, 0.05) is 17.0 Å². The highest BCUT2D eigenvalue weighted by Gasteiger charge is 2.20. The van der Waals surface area contributed by atoms with Crippen molar-refractivity contribution < 1.29 is 0 Å². The second-order valence-corrected chi connectivity index (χ2v) is 7.01. The first-order valence-electron chi connectivity index (χ1n) is 5.59. The molecule has 0 aromatic rings. The second-order valence-electron chi connectivity index (χ2n) is 4.44. The molecule has 0 aromatic carbocycles. The van der Waals surface area contributed by atoms with E-state index in [-0.39, 0.29) is 0 Å². The number of hydrogen-bond donors (Lipinski definition) is 1. The summed E-state index contributed by atoms with van der Waals surface area (Å²) in [7, 11) is 0. The Morgan fingerprint density at radius 1 is 1.53 bits per heavy atom. The predicted molar refractivity (Wildman–Crippen MR) is 74.1 cm³/mol. The Morgan fingerprint density at radius 2 is 2.27 bits per heavy atom. The third-order valence-electron chi connectivity index (χ3n) is 2.39. The van der Waals surface area contributed by atoms with Crippen LogP contribution in [-0.2, 0) is 0 Å². The molecule has 0 aliphatic carbocycles. The van der Waals surface area contributed by atoms with Crippen LogP contribution in [0.5, 0.6) is 0 Å². The van der Waals surface area contributed by atoms with Crippen LogP contribution in [0.1, 0.15) is 27.2 Å². The third-order valence-corrected chi connectivity index (χ3v) is 4.54. The molecule has 1 aliphatic rings. The van der Waals surface area contributed by atoms with Crippen molar-refractivity contribution in [1.29, 1.82) is 0 Å². The predicted octanol–water partition coefficient (Wildman–Crippen LogP) is 2.85. The molecule has 0 fully saturated rings. The normalized spacial score (nSPS) is 23.0. The zero-order valence-corrected chi connectivity index (χ0v) is 11.8. The number of nitrogens with zero attached hydrogens (tertiary/aromatic N) is 1. The molecule has 0 amide bonds. The van der Waals surface area contributed by atoms with E-state index in [1.165, 1.54) is 6.42 Å². The van der Waals surface area contributed by atoms with Crippen LogP contribution in [0.2, 0.25) is 0 Å². The van der Waals surface area contributed by atoms with Gasteiger partial charge in [0.2, 0.25) is 0 Å². The number of hydrogen-bond acceptors (Lipinski definition) is 4. The lowest BCUT2D eigenvalue weighted by Gasteiger charge is -2.12. The Bertz CT molecular complexity index is 217. The number of nitrogens with one attached hydrogen (secondary N) is 1. The van der Waals surface area contributed by atoms with E-state index in [1.807, 2.05) is 23.5 Å². The molecule has 88 valence electrons. The number of aliphatic imine (C=N–C) groups is 1. The summed E-state index contributed by atoms with van der Waals surface area (Å²) < 4.78 is 0. The Morgan fingerprint density at radius 3 is 2.87 bits per heavy atom. The zero-order chi connectivity index (χ0) is 11.3. The lowest BCUT2D eigenvalue weighted by molar-refractivity contribution is 0.575. The quantitative estimate of drug-likeness (QED) is 0.807. The Hall–Kier alpha value is 0.170. The van der Waals surface area contributed by atoms with E-state index in [0.29, 0.717) is 10.5 Å². The summed E-state index contributed by atoms with van der Waals surface area (Å²) in [6, 6.07) is 0. The highest BCUT2D eigenvalue weighted by molar-refractivity contribution is 8.14. The average Bonchev–Trinajstić information content (AvgIpc) is 2.61. The highest BCUT2D eigenvalue weighted by Crippen LogP contribution is 2.25. The molecule has 0 saturated carbocycles. The van der Waals surface area contributed by atoms with E-state index in [0.717, 1.165) is 24.2 Å². The first-order chi connectivity index (χ1) is 7.11. The maximum atomic E-state index is 4.54.